The van der Waals surface area contributed by atoms with Gasteiger partial charge in [-0.05, 0) is 12.8 Å². The van der Waals surface area contributed by atoms with E-state index in [-0.39, 0.29) is 12.2 Å². The van der Waals surface area contributed by atoms with E-state index in [0.717, 1.165) is 12.8 Å². The summed E-state index contributed by atoms with van der Waals surface area (Å²) in [6.45, 7) is 12.4. The van der Waals surface area contributed by atoms with Gasteiger partial charge in [0.1, 0.15) is 0 Å². The van der Waals surface area contributed by atoms with E-state index in [1.54, 1.807) is 0 Å². The van der Waals surface area contributed by atoms with Gasteiger partial charge in [-0.15, -0.1) is 13.2 Å². The molecule has 0 amide bonds. The molecule has 23 heavy (non-hydrogen) atoms. The summed E-state index contributed by atoms with van der Waals surface area (Å²) in [6, 6.07) is 0. The first kappa shape index (κ1) is 22.4. The second kappa shape index (κ2) is 17.8. The summed E-state index contributed by atoms with van der Waals surface area (Å²) in [4.78, 5) is 0. The van der Waals surface area contributed by atoms with Crippen molar-refractivity contribution in [1.82, 2.24) is 0 Å². The molecule has 0 heterocycles. The highest BCUT2D eigenvalue weighted by Gasteiger charge is 2.11. The van der Waals surface area contributed by atoms with Crippen LogP contribution in [0.3, 0.4) is 0 Å². The van der Waals surface area contributed by atoms with Gasteiger partial charge in [0.25, 0.3) is 0 Å². The third kappa shape index (κ3) is 14.7. The van der Waals surface area contributed by atoms with Crippen LogP contribution in [0.5, 0.6) is 0 Å². The maximum Gasteiger partial charge on any atom is 0.0761 e. The molecule has 0 radical (unpaired) electrons. The number of rotatable bonds is 18. The second-order valence-corrected chi connectivity index (χ2v) is 6.80. The van der Waals surface area contributed by atoms with Gasteiger partial charge in [-0.1, -0.05) is 103 Å². The Morgan fingerprint density at radius 3 is 1.30 bits per heavy atom. The lowest BCUT2D eigenvalue weighted by Crippen LogP contribution is -2.19. The normalized spacial score (nSPS) is 13.7. The maximum atomic E-state index is 6.17. The number of ether oxygens (including phenoxy) is 1. The van der Waals surface area contributed by atoms with Crippen molar-refractivity contribution >= 4 is 0 Å². The predicted molar refractivity (Wildman–Crippen MR) is 105 cm³/mol. The van der Waals surface area contributed by atoms with Gasteiger partial charge >= 0.3 is 0 Å². The quantitative estimate of drug-likeness (QED) is 0.186. The summed E-state index contributed by atoms with van der Waals surface area (Å²) in [5.74, 6) is 0. The molecule has 0 aromatic carbocycles. The number of hydrogen-bond donors (Lipinski definition) is 0. The molecule has 0 saturated carbocycles. The van der Waals surface area contributed by atoms with Gasteiger partial charge in [0.2, 0.25) is 0 Å². The Kier molecular flexibility index (Phi) is 17.4. The monoisotopic (exact) mass is 322 g/mol. The number of unbranched alkanes of at least 4 members (excludes halogenated alkanes) is 10. The molecule has 0 saturated heterocycles. The molecular formula is C22H42O. The molecular weight excluding hydrogens is 280 g/mol. The van der Waals surface area contributed by atoms with Crippen molar-refractivity contribution in [2.75, 3.05) is 0 Å². The van der Waals surface area contributed by atoms with E-state index in [1.807, 2.05) is 12.2 Å². The Balaban J connectivity index is 3.74. The number of hydrogen-bond acceptors (Lipinski definition) is 1. The van der Waals surface area contributed by atoms with E-state index < -0.39 is 0 Å². The lowest BCUT2D eigenvalue weighted by Gasteiger charge is -2.20. The molecule has 0 aliphatic carbocycles. The van der Waals surface area contributed by atoms with Crippen molar-refractivity contribution in [2.24, 2.45) is 0 Å². The molecule has 2 atom stereocenters. The zero-order valence-corrected chi connectivity index (χ0v) is 16.0. The van der Waals surface area contributed by atoms with E-state index in [4.69, 9.17) is 4.74 Å². The van der Waals surface area contributed by atoms with Gasteiger partial charge in [0.15, 0.2) is 0 Å². The third-order valence-corrected chi connectivity index (χ3v) is 4.56. The lowest BCUT2D eigenvalue weighted by atomic mass is 10.1. The highest BCUT2D eigenvalue weighted by molar-refractivity contribution is 4.86. The molecule has 0 N–H and O–H groups in total. The van der Waals surface area contributed by atoms with Gasteiger partial charge < -0.3 is 4.74 Å². The zero-order chi connectivity index (χ0) is 17.2. The maximum absolute atomic E-state index is 6.17. The highest BCUT2D eigenvalue weighted by atomic mass is 16.5. The van der Waals surface area contributed by atoms with Crippen LogP contribution in [0, 0.1) is 0 Å². The van der Waals surface area contributed by atoms with Crippen LogP contribution >= 0.6 is 0 Å². The fraction of sp³-hybridized carbons (Fsp3) is 0.818. The van der Waals surface area contributed by atoms with Crippen molar-refractivity contribution < 1.29 is 4.74 Å². The van der Waals surface area contributed by atoms with Gasteiger partial charge in [-0.3, -0.25) is 0 Å². The molecule has 0 aromatic heterocycles. The smallest absolute Gasteiger partial charge is 0.0761 e. The van der Waals surface area contributed by atoms with E-state index in [0.29, 0.717) is 0 Å². The van der Waals surface area contributed by atoms with Crippen molar-refractivity contribution in [1.29, 1.82) is 0 Å². The van der Waals surface area contributed by atoms with Crippen molar-refractivity contribution in [3.63, 3.8) is 0 Å². The lowest BCUT2D eigenvalue weighted by molar-refractivity contribution is 0.0299. The Morgan fingerprint density at radius 1 is 0.609 bits per heavy atom. The summed E-state index contributed by atoms with van der Waals surface area (Å²) in [6.07, 6.45) is 22.6. The molecule has 2 unspecified atom stereocenters. The fourth-order valence-corrected chi connectivity index (χ4v) is 2.96. The topological polar surface area (TPSA) is 9.23 Å². The van der Waals surface area contributed by atoms with Gasteiger partial charge in [-0.25, -0.2) is 0 Å². The summed E-state index contributed by atoms with van der Waals surface area (Å²) in [5, 5.41) is 0. The SMILES string of the molecule is C=CC(CCCCCCCC)OC(C=C)CCCCCCCC. The van der Waals surface area contributed by atoms with E-state index in [2.05, 4.69) is 27.0 Å². The zero-order valence-electron chi connectivity index (χ0n) is 16.0. The average molecular weight is 323 g/mol. The van der Waals surface area contributed by atoms with E-state index in [1.165, 1.54) is 77.0 Å². The largest absolute Gasteiger partial charge is 0.367 e. The molecule has 1 nitrogen and oxygen atoms in total. The van der Waals surface area contributed by atoms with Gasteiger partial charge in [0.05, 0.1) is 12.2 Å². The van der Waals surface area contributed by atoms with Crippen LogP contribution in [0.25, 0.3) is 0 Å². The molecule has 1 heteroatoms. The summed E-state index contributed by atoms with van der Waals surface area (Å²) >= 11 is 0. The van der Waals surface area contributed by atoms with E-state index in [9.17, 15) is 0 Å². The van der Waals surface area contributed by atoms with Crippen molar-refractivity contribution in [3.8, 4) is 0 Å². The highest BCUT2D eigenvalue weighted by Crippen LogP contribution is 2.16. The second-order valence-electron chi connectivity index (χ2n) is 6.80. The van der Waals surface area contributed by atoms with Crippen LogP contribution in [0.15, 0.2) is 25.3 Å². The molecule has 0 fully saturated rings. The molecule has 0 spiro atoms. The molecule has 136 valence electrons. The minimum Gasteiger partial charge on any atom is -0.367 e. The first-order valence-electron chi connectivity index (χ1n) is 10.2. The molecule has 0 aromatic rings. The Morgan fingerprint density at radius 2 is 0.957 bits per heavy atom. The van der Waals surface area contributed by atoms with Crippen LogP contribution in [0.4, 0.5) is 0 Å². The van der Waals surface area contributed by atoms with Crippen molar-refractivity contribution in [2.45, 2.75) is 116 Å². The predicted octanol–water partition coefficient (Wildman–Crippen LogP) is 7.61. The van der Waals surface area contributed by atoms with Gasteiger partial charge in [-0.2, -0.15) is 0 Å². The summed E-state index contributed by atoms with van der Waals surface area (Å²) in [5.41, 5.74) is 0. The fourth-order valence-electron chi connectivity index (χ4n) is 2.96. The Labute approximate surface area is 146 Å². The van der Waals surface area contributed by atoms with Crippen LogP contribution < -0.4 is 0 Å². The summed E-state index contributed by atoms with van der Waals surface area (Å²) < 4.78 is 6.17. The van der Waals surface area contributed by atoms with Crippen LogP contribution in [-0.2, 0) is 4.74 Å². The minimum atomic E-state index is 0.198. The molecule has 0 bridgehead atoms. The van der Waals surface area contributed by atoms with Crippen molar-refractivity contribution in [3.05, 3.63) is 25.3 Å². The van der Waals surface area contributed by atoms with Crippen LogP contribution in [-0.4, -0.2) is 12.2 Å². The molecule has 0 aliphatic heterocycles. The standard InChI is InChI=1S/C22H42O/c1-5-9-11-13-15-17-19-21(7-3)23-22(8-4)20-18-16-14-12-10-6-2/h7-8,21-22H,3-6,9-20H2,1-2H3. The van der Waals surface area contributed by atoms with Crippen LogP contribution in [0.1, 0.15) is 104 Å². The molecule has 0 aliphatic rings. The third-order valence-electron chi connectivity index (χ3n) is 4.56. The summed E-state index contributed by atoms with van der Waals surface area (Å²) in [7, 11) is 0. The van der Waals surface area contributed by atoms with E-state index >= 15 is 0 Å². The first-order chi connectivity index (χ1) is 11.3. The Hall–Kier alpha value is -0.560. The first-order valence-corrected chi connectivity index (χ1v) is 10.2. The van der Waals surface area contributed by atoms with Gasteiger partial charge in [0, 0.05) is 0 Å². The average Bonchev–Trinajstić information content (AvgIpc) is 2.58. The Bertz CT molecular complexity index is 233. The molecule has 0 rings (SSSR count). The van der Waals surface area contributed by atoms with Crippen LogP contribution in [0.2, 0.25) is 0 Å². The minimum absolute atomic E-state index is 0.198.